The van der Waals surface area contributed by atoms with Crippen molar-refractivity contribution >= 4 is 26.0 Å². The zero-order valence-electron chi connectivity index (χ0n) is 9.77. The first-order chi connectivity index (χ1) is 7.77. The van der Waals surface area contributed by atoms with Gasteiger partial charge in [0.05, 0.1) is 4.90 Å². The highest BCUT2D eigenvalue weighted by Crippen LogP contribution is 2.17. The molecule has 0 saturated carbocycles. The summed E-state index contributed by atoms with van der Waals surface area (Å²) in [5.41, 5.74) is -0.473. The van der Waals surface area contributed by atoms with Crippen molar-refractivity contribution in [2.24, 2.45) is 5.41 Å². The van der Waals surface area contributed by atoms with E-state index in [-0.39, 0.29) is 18.0 Å². The molecule has 0 fully saturated rings. The third-order valence-corrected chi connectivity index (χ3v) is 4.17. The molecule has 1 rings (SSSR count). The van der Waals surface area contributed by atoms with Crippen molar-refractivity contribution in [3.8, 4) is 0 Å². The lowest BCUT2D eigenvalue weighted by molar-refractivity contribution is 0.163. The van der Waals surface area contributed by atoms with Gasteiger partial charge in [0.1, 0.15) is 0 Å². The predicted octanol–water partition coefficient (Wildman–Crippen LogP) is 1.75. The number of sulfonamides is 1. The molecule has 1 aromatic rings. The molecular weight excluding hydrogens is 306 g/mol. The van der Waals surface area contributed by atoms with E-state index in [1.54, 1.807) is 26.0 Å². The lowest BCUT2D eigenvalue weighted by atomic mass is 9.96. The average molecular weight is 322 g/mol. The fourth-order valence-corrected chi connectivity index (χ4v) is 2.90. The summed E-state index contributed by atoms with van der Waals surface area (Å²) in [6, 6.07) is 6.49. The first-order valence-electron chi connectivity index (χ1n) is 5.13. The Bertz CT molecular complexity index is 485. The average Bonchev–Trinajstić information content (AvgIpc) is 2.27. The Labute approximate surface area is 110 Å². The van der Waals surface area contributed by atoms with E-state index in [1.165, 1.54) is 12.1 Å². The van der Waals surface area contributed by atoms with Gasteiger partial charge < -0.3 is 5.11 Å². The first-order valence-corrected chi connectivity index (χ1v) is 7.40. The minimum Gasteiger partial charge on any atom is -0.396 e. The first kappa shape index (κ1) is 14.6. The molecule has 0 saturated heterocycles. The number of aliphatic hydroxyl groups excluding tert-OH is 1. The largest absolute Gasteiger partial charge is 0.396 e. The number of aliphatic hydroxyl groups is 1. The fourth-order valence-electron chi connectivity index (χ4n) is 1.06. The highest BCUT2D eigenvalue weighted by molar-refractivity contribution is 9.10. The molecule has 0 unspecified atom stereocenters. The number of nitrogens with one attached hydrogen (secondary N) is 1. The van der Waals surface area contributed by atoms with Crippen molar-refractivity contribution in [1.82, 2.24) is 4.72 Å². The molecule has 0 heterocycles. The monoisotopic (exact) mass is 321 g/mol. The molecule has 2 N–H and O–H groups in total. The van der Waals surface area contributed by atoms with Gasteiger partial charge in [0, 0.05) is 23.0 Å². The van der Waals surface area contributed by atoms with Crippen molar-refractivity contribution in [3.63, 3.8) is 0 Å². The highest BCUT2D eigenvalue weighted by atomic mass is 79.9. The van der Waals surface area contributed by atoms with Gasteiger partial charge in [0.15, 0.2) is 0 Å². The maximum Gasteiger partial charge on any atom is 0.240 e. The molecule has 17 heavy (non-hydrogen) atoms. The summed E-state index contributed by atoms with van der Waals surface area (Å²) >= 11 is 3.23. The number of halogens is 1. The molecule has 1 aromatic carbocycles. The Morgan fingerprint density at radius 1 is 1.41 bits per heavy atom. The Balaban J connectivity index is 2.83. The van der Waals surface area contributed by atoms with E-state index in [1.807, 2.05) is 0 Å². The predicted molar refractivity (Wildman–Crippen MR) is 70.2 cm³/mol. The van der Waals surface area contributed by atoms with Crippen molar-refractivity contribution in [3.05, 3.63) is 28.7 Å². The lowest BCUT2D eigenvalue weighted by Crippen LogP contribution is -2.36. The Kier molecular flexibility index (Phi) is 4.71. The maximum absolute atomic E-state index is 11.9. The topological polar surface area (TPSA) is 66.4 Å². The third kappa shape index (κ3) is 4.39. The van der Waals surface area contributed by atoms with E-state index in [0.717, 1.165) is 0 Å². The van der Waals surface area contributed by atoms with Crippen LogP contribution >= 0.6 is 15.9 Å². The van der Waals surface area contributed by atoms with Gasteiger partial charge in [0.25, 0.3) is 0 Å². The molecule has 0 aliphatic rings. The minimum absolute atomic E-state index is 0.0754. The highest BCUT2D eigenvalue weighted by Gasteiger charge is 2.21. The summed E-state index contributed by atoms with van der Waals surface area (Å²) in [6.07, 6.45) is 0. The summed E-state index contributed by atoms with van der Waals surface area (Å²) in [5.74, 6) is 0. The molecule has 96 valence electrons. The lowest BCUT2D eigenvalue weighted by Gasteiger charge is -2.21. The van der Waals surface area contributed by atoms with Crippen molar-refractivity contribution in [2.45, 2.75) is 18.7 Å². The number of hydrogen-bond acceptors (Lipinski definition) is 3. The van der Waals surface area contributed by atoms with Crippen LogP contribution in [-0.2, 0) is 10.0 Å². The second-order valence-corrected chi connectivity index (χ2v) is 7.29. The fraction of sp³-hybridized carbons (Fsp3) is 0.455. The van der Waals surface area contributed by atoms with E-state index in [0.29, 0.717) is 4.47 Å². The van der Waals surface area contributed by atoms with Gasteiger partial charge in [-0.1, -0.05) is 35.8 Å². The van der Waals surface area contributed by atoms with E-state index < -0.39 is 15.4 Å². The van der Waals surface area contributed by atoms with Crippen molar-refractivity contribution in [1.29, 1.82) is 0 Å². The maximum atomic E-state index is 11.9. The van der Waals surface area contributed by atoms with Gasteiger partial charge in [-0.05, 0) is 18.2 Å². The van der Waals surface area contributed by atoms with Gasteiger partial charge >= 0.3 is 0 Å². The molecule has 0 amide bonds. The summed E-state index contributed by atoms with van der Waals surface area (Å²) in [7, 11) is -3.52. The van der Waals surface area contributed by atoms with Gasteiger partial charge in [-0.15, -0.1) is 0 Å². The molecule has 0 aromatic heterocycles. The molecule has 0 radical (unpaired) electrons. The van der Waals surface area contributed by atoms with E-state index in [9.17, 15) is 8.42 Å². The molecule has 0 aliphatic carbocycles. The molecular formula is C11H16BrNO3S. The summed E-state index contributed by atoms with van der Waals surface area (Å²) < 4.78 is 27.1. The van der Waals surface area contributed by atoms with Gasteiger partial charge in [-0.2, -0.15) is 0 Å². The Hall–Kier alpha value is -0.430. The van der Waals surface area contributed by atoms with Crippen LogP contribution in [0, 0.1) is 5.41 Å². The quantitative estimate of drug-likeness (QED) is 0.868. The molecule has 0 aliphatic heterocycles. The van der Waals surface area contributed by atoms with Crippen LogP contribution in [0.15, 0.2) is 33.6 Å². The number of rotatable bonds is 5. The van der Waals surface area contributed by atoms with Gasteiger partial charge in [0.2, 0.25) is 10.0 Å². The zero-order valence-corrected chi connectivity index (χ0v) is 12.2. The van der Waals surface area contributed by atoms with Gasteiger partial charge in [-0.25, -0.2) is 13.1 Å². The van der Waals surface area contributed by atoms with Crippen LogP contribution < -0.4 is 4.72 Å². The van der Waals surface area contributed by atoms with Crippen LogP contribution in [-0.4, -0.2) is 26.7 Å². The van der Waals surface area contributed by atoms with Gasteiger partial charge in [-0.3, -0.25) is 0 Å². The van der Waals surface area contributed by atoms with Crippen LogP contribution in [0.1, 0.15) is 13.8 Å². The van der Waals surface area contributed by atoms with E-state index in [2.05, 4.69) is 20.7 Å². The van der Waals surface area contributed by atoms with Crippen LogP contribution in [0.25, 0.3) is 0 Å². The normalized spacial score (nSPS) is 12.7. The molecule has 4 nitrogen and oxygen atoms in total. The Morgan fingerprint density at radius 2 is 2.06 bits per heavy atom. The third-order valence-electron chi connectivity index (χ3n) is 2.28. The van der Waals surface area contributed by atoms with Crippen LogP contribution in [0.5, 0.6) is 0 Å². The molecule has 0 bridgehead atoms. The standard InChI is InChI=1S/C11H16BrNO3S/c1-11(2,8-14)7-13-17(15,16)10-5-3-4-9(12)6-10/h3-6,13-14H,7-8H2,1-2H3. The van der Waals surface area contributed by atoms with Crippen molar-refractivity contribution < 1.29 is 13.5 Å². The van der Waals surface area contributed by atoms with Crippen molar-refractivity contribution in [2.75, 3.05) is 13.2 Å². The SMILES string of the molecule is CC(C)(CO)CNS(=O)(=O)c1cccc(Br)c1. The van der Waals surface area contributed by atoms with E-state index >= 15 is 0 Å². The Morgan fingerprint density at radius 3 is 2.59 bits per heavy atom. The molecule has 6 heteroatoms. The number of benzene rings is 1. The second kappa shape index (κ2) is 5.48. The number of hydrogen-bond donors (Lipinski definition) is 2. The summed E-state index contributed by atoms with van der Waals surface area (Å²) in [6.45, 7) is 3.69. The van der Waals surface area contributed by atoms with Crippen LogP contribution in [0.3, 0.4) is 0 Å². The van der Waals surface area contributed by atoms with E-state index in [4.69, 9.17) is 5.11 Å². The smallest absolute Gasteiger partial charge is 0.240 e. The van der Waals surface area contributed by atoms with Crippen LogP contribution in [0.4, 0.5) is 0 Å². The van der Waals surface area contributed by atoms with Crippen LogP contribution in [0.2, 0.25) is 0 Å². The second-order valence-electron chi connectivity index (χ2n) is 4.60. The molecule has 0 atom stereocenters. The summed E-state index contributed by atoms with van der Waals surface area (Å²) in [5, 5.41) is 9.06. The zero-order chi connectivity index (χ0) is 13.1. The minimum atomic E-state index is -3.52. The summed E-state index contributed by atoms with van der Waals surface area (Å²) in [4.78, 5) is 0.209. The molecule has 0 spiro atoms.